The Labute approximate surface area is 228 Å². The lowest BCUT2D eigenvalue weighted by atomic mass is 10.00. The molecule has 1 unspecified atom stereocenters. The molecular formula is C30H35N5O4. The maximum atomic E-state index is 14.1. The number of fused-ring (bicyclic) bond motifs is 1. The highest BCUT2D eigenvalue weighted by atomic mass is 16.5. The minimum Gasteiger partial charge on any atom is -0.493 e. The molecule has 1 N–H and O–H groups in total. The SMILES string of the molecule is CCOc1ccc(C(C(=O)NC(C)(C)C)N(C(=O)Cn2nnc3ccccc32)c2ccc(C)cc2)cc1OC. The van der Waals surface area contributed by atoms with E-state index in [1.165, 1.54) is 4.90 Å². The van der Waals surface area contributed by atoms with Gasteiger partial charge in [0.05, 0.1) is 19.2 Å². The van der Waals surface area contributed by atoms with Crippen LogP contribution in [0.5, 0.6) is 11.5 Å². The highest BCUT2D eigenvalue weighted by molar-refractivity contribution is 6.01. The summed E-state index contributed by atoms with van der Waals surface area (Å²) in [6.07, 6.45) is 0. The standard InChI is InChI=1S/C30H35N5O4/c1-7-39-25-17-14-21(18-26(25)38-6)28(29(37)31-30(3,4)5)35(22-15-12-20(2)13-16-22)27(36)19-34-24-11-9-8-10-23(24)32-33-34/h8-18,28H,7,19H2,1-6H3,(H,31,37). The van der Waals surface area contributed by atoms with Crippen LogP contribution in [0.15, 0.2) is 66.7 Å². The number of amides is 2. The Morgan fingerprint density at radius 2 is 1.74 bits per heavy atom. The van der Waals surface area contributed by atoms with Gasteiger partial charge in [-0.2, -0.15) is 0 Å². The third-order valence-corrected chi connectivity index (χ3v) is 6.09. The Balaban J connectivity index is 1.85. The monoisotopic (exact) mass is 529 g/mol. The van der Waals surface area contributed by atoms with Gasteiger partial charge >= 0.3 is 0 Å². The molecule has 3 aromatic carbocycles. The zero-order valence-electron chi connectivity index (χ0n) is 23.3. The van der Waals surface area contributed by atoms with E-state index in [-0.39, 0.29) is 18.4 Å². The molecule has 0 radical (unpaired) electrons. The molecule has 0 spiro atoms. The van der Waals surface area contributed by atoms with Crippen molar-refractivity contribution in [3.63, 3.8) is 0 Å². The van der Waals surface area contributed by atoms with Gasteiger partial charge in [-0.25, -0.2) is 4.68 Å². The lowest BCUT2D eigenvalue weighted by Gasteiger charge is -2.34. The number of nitrogens with one attached hydrogen (secondary N) is 1. The molecule has 0 aliphatic rings. The van der Waals surface area contributed by atoms with E-state index in [1.807, 2.05) is 83.1 Å². The molecular weight excluding hydrogens is 494 g/mol. The highest BCUT2D eigenvalue weighted by Gasteiger charge is 2.35. The summed E-state index contributed by atoms with van der Waals surface area (Å²) in [4.78, 5) is 29.6. The normalized spacial score (nSPS) is 12.2. The Bertz CT molecular complexity index is 1460. The molecule has 4 aromatic rings. The number of nitrogens with zero attached hydrogens (tertiary/aromatic N) is 4. The van der Waals surface area contributed by atoms with Crippen molar-refractivity contribution in [2.75, 3.05) is 18.6 Å². The van der Waals surface area contributed by atoms with E-state index >= 15 is 0 Å². The first kappa shape index (κ1) is 27.6. The fourth-order valence-electron chi connectivity index (χ4n) is 4.37. The van der Waals surface area contributed by atoms with Crippen molar-refractivity contribution in [1.29, 1.82) is 0 Å². The van der Waals surface area contributed by atoms with Gasteiger partial charge in [-0.15, -0.1) is 5.10 Å². The molecule has 1 heterocycles. The number of carbonyl (C=O) groups is 2. The van der Waals surface area contributed by atoms with E-state index in [0.29, 0.717) is 34.9 Å². The molecule has 0 saturated heterocycles. The number of hydrogen-bond acceptors (Lipinski definition) is 6. The smallest absolute Gasteiger partial charge is 0.249 e. The van der Waals surface area contributed by atoms with Gasteiger partial charge in [-0.05, 0) is 76.6 Å². The summed E-state index contributed by atoms with van der Waals surface area (Å²) in [5, 5.41) is 11.4. The number of aromatic nitrogens is 3. The van der Waals surface area contributed by atoms with Crippen molar-refractivity contribution in [2.24, 2.45) is 0 Å². The van der Waals surface area contributed by atoms with Crippen LogP contribution in [0.3, 0.4) is 0 Å². The summed E-state index contributed by atoms with van der Waals surface area (Å²) in [5.41, 5.74) is 3.08. The topological polar surface area (TPSA) is 98.6 Å². The van der Waals surface area contributed by atoms with Crippen LogP contribution in [0.4, 0.5) is 5.69 Å². The van der Waals surface area contributed by atoms with Crippen LogP contribution in [0.1, 0.15) is 44.9 Å². The second-order valence-corrected chi connectivity index (χ2v) is 10.3. The molecule has 2 amide bonds. The van der Waals surface area contributed by atoms with Crippen molar-refractivity contribution in [3.8, 4) is 11.5 Å². The van der Waals surface area contributed by atoms with Gasteiger partial charge < -0.3 is 14.8 Å². The van der Waals surface area contributed by atoms with E-state index in [4.69, 9.17) is 9.47 Å². The molecule has 4 rings (SSSR count). The lowest BCUT2D eigenvalue weighted by molar-refractivity contribution is -0.128. The predicted molar refractivity (Wildman–Crippen MR) is 151 cm³/mol. The minimum atomic E-state index is -1.00. The summed E-state index contributed by atoms with van der Waals surface area (Å²) in [6.45, 7) is 9.92. The Morgan fingerprint density at radius 1 is 1.03 bits per heavy atom. The maximum Gasteiger partial charge on any atom is 0.249 e. The number of rotatable bonds is 9. The second-order valence-electron chi connectivity index (χ2n) is 10.3. The van der Waals surface area contributed by atoms with Gasteiger partial charge in [-0.1, -0.05) is 41.1 Å². The minimum absolute atomic E-state index is 0.109. The number of anilines is 1. The van der Waals surface area contributed by atoms with Crippen molar-refractivity contribution >= 4 is 28.5 Å². The third-order valence-electron chi connectivity index (χ3n) is 6.09. The van der Waals surface area contributed by atoms with Crippen LogP contribution >= 0.6 is 0 Å². The summed E-state index contributed by atoms with van der Waals surface area (Å²) in [5.74, 6) is 0.380. The molecule has 1 aromatic heterocycles. The summed E-state index contributed by atoms with van der Waals surface area (Å²) in [7, 11) is 1.55. The quantitative estimate of drug-likeness (QED) is 0.333. The Morgan fingerprint density at radius 3 is 2.41 bits per heavy atom. The van der Waals surface area contributed by atoms with Gasteiger partial charge in [0, 0.05) is 11.2 Å². The van der Waals surface area contributed by atoms with Crippen molar-refractivity contribution in [2.45, 2.75) is 52.7 Å². The van der Waals surface area contributed by atoms with E-state index in [1.54, 1.807) is 30.0 Å². The van der Waals surface area contributed by atoms with E-state index in [0.717, 1.165) is 11.1 Å². The average molecular weight is 530 g/mol. The van der Waals surface area contributed by atoms with Crippen LogP contribution in [-0.2, 0) is 16.1 Å². The molecule has 0 saturated carbocycles. The van der Waals surface area contributed by atoms with Gasteiger partial charge in [0.2, 0.25) is 11.8 Å². The number of carbonyl (C=O) groups excluding carboxylic acids is 2. The Kier molecular flexibility index (Phi) is 8.18. The van der Waals surface area contributed by atoms with Crippen molar-refractivity contribution in [3.05, 3.63) is 77.9 Å². The number of para-hydroxylation sites is 1. The first-order valence-corrected chi connectivity index (χ1v) is 12.9. The maximum absolute atomic E-state index is 14.1. The van der Waals surface area contributed by atoms with Gasteiger partial charge in [0.25, 0.3) is 0 Å². The van der Waals surface area contributed by atoms with Gasteiger partial charge in [0.1, 0.15) is 18.1 Å². The van der Waals surface area contributed by atoms with E-state index < -0.39 is 11.6 Å². The van der Waals surface area contributed by atoms with Gasteiger partial charge in [0.15, 0.2) is 11.5 Å². The molecule has 1 atom stereocenters. The summed E-state index contributed by atoms with van der Waals surface area (Å²) in [6, 6.07) is 19.3. The van der Waals surface area contributed by atoms with Crippen molar-refractivity contribution < 1.29 is 19.1 Å². The molecule has 0 aliphatic carbocycles. The first-order chi connectivity index (χ1) is 18.6. The fourth-order valence-corrected chi connectivity index (χ4v) is 4.37. The summed E-state index contributed by atoms with van der Waals surface area (Å²) < 4.78 is 12.8. The molecule has 0 fully saturated rings. The van der Waals surface area contributed by atoms with E-state index in [2.05, 4.69) is 15.6 Å². The fraction of sp³-hybridized carbons (Fsp3) is 0.333. The number of aryl methyl sites for hydroxylation is 1. The van der Waals surface area contributed by atoms with Crippen molar-refractivity contribution in [1.82, 2.24) is 20.3 Å². The zero-order chi connectivity index (χ0) is 28.2. The largest absolute Gasteiger partial charge is 0.493 e. The third kappa shape index (κ3) is 6.37. The average Bonchev–Trinajstić information content (AvgIpc) is 3.30. The second kappa shape index (κ2) is 11.6. The van der Waals surface area contributed by atoms with Crippen LogP contribution in [0, 0.1) is 6.92 Å². The molecule has 9 heteroatoms. The van der Waals surface area contributed by atoms with Crippen LogP contribution in [0.25, 0.3) is 11.0 Å². The molecule has 0 aliphatic heterocycles. The number of ether oxygens (including phenoxy) is 2. The van der Waals surface area contributed by atoms with Crippen LogP contribution < -0.4 is 19.7 Å². The van der Waals surface area contributed by atoms with E-state index in [9.17, 15) is 9.59 Å². The molecule has 9 nitrogen and oxygen atoms in total. The van der Waals surface area contributed by atoms with Crippen LogP contribution in [0.2, 0.25) is 0 Å². The van der Waals surface area contributed by atoms with Gasteiger partial charge in [-0.3, -0.25) is 14.5 Å². The molecule has 0 bridgehead atoms. The zero-order valence-corrected chi connectivity index (χ0v) is 23.3. The molecule has 204 valence electrons. The molecule has 39 heavy (non-hydrogen) atoms. The lowest BCUT2D eigenvalue weighted by Crippen LogP contribution is -2.50. The number of methoxy groups -OCH3 is 1. The predicted octanol–water partition coefficient (Wildman–Crippen LogP) is 4.84. The Hall–Kier alpha value is -4.40. The highest BCUT2D eigenvalue weighted by Crippen LogP contribution is 2.35. The number of hydrogen-bond donors (Lipinski definition) is 1. The first-order valence-electron chi connectivity index (χ1n) is 12.9. The van der Waals surface area contributed by atoms with Crippen LogP contribution in [-0.4, -0.2) is 46.1 Å². The summed E-state index contributed by atoms with van der Waals surface area (Å²) >= 11 is 0. The number of benzene rings is 3.